The standard InChI is InChI=1S/C9H16O/c1-6-7-2-3-8(6)5-9(10)4-7/h6-10H,2-5H2,1H3/t6?,7-,8?,9?/m1/s1. The summed E-state index contributed by atoms with van der Waals surface area (Å²) in [6.07, 6.45) is 4.95. The summed E-state index contributed by atoms with van der Waals surface area (Å²) in [6, 6.07) is 0. The van der Waals surface area contributed by atoms with Crippen molar-refractivity contribution in [3.05, 3.63) is 0 Å². The molecule has 1 heteroatoms. The molecule has 0 saturated heterocycles. The number of hydrogen-bond donors (Lipinski definition) is 1. The maximum atomic E-state index is 9.41. The summed E-state index contributed by atoms with van der Waals surface area (Å²) in [5.41, 5.74) is 0. The van der Waals surface area contributed by atoms with Crippen molar-refractivity contribution in [3.63, 3.8) is 0 Å². The smallest absolute Gasteiger partial charge is 0.0545 e. The normalized spacial score (nSPS) is 53.4. The molecule has 0 spiro atoms. The van der Waals surface area contributed by atoms with Crippen molar-refractivity contribution in [3.8, 4) is 0 Å². The van der Waals surface area contributed by atoms with Gasteiger partial charge in [0.05, 0.1) is 6.10 Å². The molecule has 0 amide bonds. The zero-order valence-corrected chi connectivity index (χ0v) is 6.59. The first-order valence-electron chi connectivity index (χ1n) is 4.45. The lowest BCUT2D eigenvalue weighted by molar-refractivity contribution is 0.0674. The Morgan fingerprint density at radius 1 is 1.10 bits per heavy atom. The van der Waals surface area contributed by atoms with Crippen molar-refractivity contribution in [2.75, 3.05) is 0 Å². The molecule has 58 valence electrons. The molecule has 2 bridgehead atoms. The van der Waals surface area contributed by atoms with Gasteiger partial charge in [-0.05, 0) is 43.4 Å². The summed E-state index contributed by atoms with van der Waals surface area (Å²) < 4.78 is 0. The Bertz CT molecular complexity index is 119. The van der Waals surface area contributed by atoms with Crippen LogP contribution in [0.5, 0.6) is 0 Å². The van der Waals surface area contributed by atoms with E-state index in [1.807, 2.05) is 0 Å². The van der Waals surface area contributed by atoms with Gasteiger partial charge in [-0.2, -0.15) is 0 Å². The van der Waals surface area contributed by atoms with E-state index in [9.17, 15) is 5.11 Å². The van der Waals surface area contributed by atoms with Crippen LogP contribution in [-0.4, -0.2) is 11.2 Å². The van der Waals surface area contributed by atoms with Gasteiger partial charge in [-0.3, -0.25) is 0 Å². The highest BCUT2D eigenvalue weighted by molar-refractivity contribution is 4.89. The van der Waals surface area contributed by atoms with Crippen molar-refractivity contribution in [2.24, 2.45) is 17.8 Å². The minimum atomic E-state index is 0.0358. The van der Waals surface area contributed by atoms with E-state index in [0.29, 0.717) is 0 Å². The molecule has 1 N–H and O–H groups in total. The molecule has 2 aliphatic carbocycles. The molecule has 0 aliphatic heterocycles. The molecule has 3 unspecified atom stereocenters. The number of aliphatic hydroxyl groups is 1. The van der Waals surface area contributed by atoms with Crippen LogP contribution in [0.2, 0.25) is 0 Å². The molecule has 1 nitrogen and oxygen atoms in total. The van der Waals surface area contributed by atoms with Crippen LogP contribution >= 0.6 is 0 Å². The quantitative estimate of drug-likeness (QED) is 0.544. The van der Waals surface area contributed by atoms with E-state index >= 15 is 0 Å². The van der Waals surface area contributed by atoms with Crippen LogP contribution in [0.15, 0.2) is 0 Å². The molecule has 0 aromatic rings. The third-order valence-electron chi connectivity index (χ3n) is 3.55. The van der Waals surface area contributed by atoms with Gasteiger partial charge in [-0.1, -0.05) is 6.92 Å². The van der Waals surface area contributed by atoms with E-state index in [0.717, 1.165) is 30.6 Å². The Morgan fingerprint density at radius 2 is 1.60 bits per heavy atom. The molecule has 0 aromatic heterocycles. The average molecular weight is 140 g/mol. The summed E-state index contributed by atoms with van der Waals surface area (Å²) in [7, 11) is 0. The number of hydrogen-bond acceptors (Lipinski definition) is 1. The third-order valence-corrected chi connectivity index (χ3v) is 3.55. The van der Waals surface area contributed by atoms with E-state index in [4.69, 9.17) is 0 Å². The van der Waals surface area contributed by atoms with E-state index in [1.165, 1.54) is 12.8 Å². The van der Waals surface area contributed by atoms with Crippen LogP contribution in [0, 0.1) is 17.8 Å². The lowest BCUT2D eigenvalue weighted by atomic mass is 9.78. The molecule has 2 saturated carbocycles. The van der Waals surface area contributed by atoms with Gasteiger partial charge >= 0.3 is 0 Å². The first-order chi connectivity index (χ1) is 4.77. The Morgan fingerprint density at radius 3 is 2.10 bits per heavy atom. The second kappa shape index (κ2) is 2.23. The molecular weight excluding hydrogens is 124 g/mol. The maximum absolute atomic E-state index is 9.41. The van der Waals surface area contributed by atoms with E-state index in [2.05, 4.69) is 6.92 Å². The zero-order valence-electron chi connectivity index (χ0n) is 6.59. The first-order valence-corrected chi connectivity index (χ1v) is 4.45. The minimum Gasteiger partial charge on any atom is -0.393 e. The first kappa shape index (κ1) is 6.66. The van der Waals surface area contributed by atoms with Gasteiger partial charge in [0.15, 0.2) is 0 Å². The van der Waals surface area contributed by atoms with Crippen molar-refractivity contribution in [2.45, 2.75) is 38.7 Å². The molecule has 2 aliphatic rings. The van der Waals surface area contributed by atoms with Crippen LogP contribution in [-0.2, 0) is 0 Å². The monoisotopic (exact) mass is 140 g/mol. The molecule has 2 rings (SSSR count). The Balaban J connectivity index is 2.09. The van der Waals surface area contributed by atoms with Crippen LogP contribution in [0.25, 0.3) is 0 Å². The van der Waals surface area contributed by atoms with E-state index in [-0.39, 0.29) is 6.10 Å². The Hall–Kier alpha value is -0.0400. The van der Waals surface area contributed by atoms with Crippen molar-refractivity contribution in [1.82, 2.24) is 0 Å². The fourth-order valence-electron chi connectivity index (χ4n) is 2.80. The SMILES string of the molecule is CC1C2CC[C@@H]1CC(O)C2. The number of rotatable bonds is 0. The average Bonchev–Trinajstić information content (AvgIpc) is 2.20. The summed E-state index contributed by atoms with van der Waals surface area (Å²) >= 11 is 0. The minimum absolute atomic E-state index is 0.0358. The highest BCUT2D eigenvalue weighted by atomic mass is 16.3. The molecule has 2 fully saturated rings. The topological polar surface area (TPSA) is 20.2 Å². The van der Waals surface area contributed by atoms with Crippen LogP contribution in [0.1, 0.15) is 32.6 Å². The summed E-state index contributed by atoms with van der Waals surface area (Å²) in [5.74, 6) is 2.62. The van der Waals surface area contributed by atoms with Gasteiger partial charge in [0.1, 0.15) is 0 Å². The summed E-state index contributed by atoms with van der Waals surface area (Å²) in [5, 5.41) is 9.41. The molecule has 0 heterocycles. The summed E-state index contributed by atoms with van der Waals surface area (Å²) in [4.78, 5) is 0. The van der Waals surface area contributed by atoms with Crippen LogP contribution in [0.3, 0.4) is 0 Å². The van der Waals surface area contributed by atoms with E-state index in [1.54, 1.807) is 0 Å². The zero-order chi connectivity index (χ0) is 7.14. The Kier molecular flexibility index (Phi) is 1.48. The Labute approximate surface area is 62.4 Å². The largest absolute Gasteiger partial charge is 0.393 e. The van der Waals surface area contributed by atoms with E-state index < -0.39 is 0 Å². The van der Waals surface area contributed by atoms with Gasteiger partial charge in [-0.15, -0.1) is 0 Å². The predicted molar refractivity (Wildman–Crippen MR) is 40.6 cm³/mol. The molecule has 4 atom stereocenters. The highest BCUT2D eigenvalue weighted by Crippen LogP contribution is 2.46. The van der Waals surface area contributed by atoms with Crippen LogP contribution in [0.4, 0.5) is 0 Å². The van der Waals surface area contributed by atoms with Gasteiger partial charge in [0, 0.05) is 0 Å². The van der Waals surface area contributed by atoms with Gasteiger partial charge in [0.2, 0.25) is 0 Å². The van der Waals surface area contributed by atoms with Crippen molar-refractivity contribution < 1.29 is 5.11 Å². The summed E-state index contributed by atoms with van der Waals surface area (Å²) in [6.45, 7) is 2.36. The van der Waals surface area contributed by atoms with Gasteiger partial charge < -0.3 is 5.11 Å². The molecule has 0 aromatic carbocycles. The van der Waals surface area contributed by atoms with Crippen molar-refractivity contribution in [1.29, 1.82) is 0 Å². The lowest BCUT2D eigenvalue weighted by Gasteiger charge is -2.30. The molecule has 10 heavy (non-hydrogen) atoms. The fourth-order valence-corrected chi connectivity index (χ4v) is 2.80. The molecule has 0 radical (unpaired) electrons. The lowest BCUT2D eigenvalue weighted by Crippen LogP contribution is -2.26. The second-order valence-corrected chi connectivity index (χ2v) is 4.08. The maximum Gasteiger partial charge on any atom is 0.0545 e. The van der Waals surface area contributed by atoms with Crippen molar-refractivity contribution >= 4 is 0 Å². The molecular formula is C9H16O. The van der Waals surface area contributed by atoms with Gasteiger partial charge in [-0.25, -0.2) is 0 Å². The van der Waals surface area contributed by atoms with Crippen LogP contribution < -0.4 is 0 Å². The number of fused-ring (bicyclic) bond motifs is 2. The predicted octanol–water partition coefficient (Wildman–Crippen LogP) is 1.80. The fraction of sp³-hybridized carbons (Fsp3) is 1.00. The number of aliphatic hydroxyl groups excluding tert-OH is 1. The third kappa shape index (κ3) is 0.878. The highest BCUT2D eigenvalue weighted by Gasteiger charge is 2.39. The second-order valence-electron chi connectivity index (χ2n) is 4.08. The van der Waals surface area contributed by atoms with Gasteiger partial charge in [0.25, 0.3) is 0 Å².